The molecule has 3 N–H and O–H groups in total. The number of hydrogen-bond acceptors (Lipinski definition) is 4. The number of nitrogens with zero attached hydrogens (tertiary/aromatic N) is 1. The van der Waals surface area contributed by atoms with Gasteiger partial charge in [0.1, 0.15) is 5.54 Å². The predicted molar refractivity (Wildman–Crippen MR) is 64.5 cm³/mol. The molecule has 4 amide bonds. The summed E-state index contributed by atoms with van der Waals surface area (Å²) in [6.07, 6.45) is 1.12. The maximum Gasteiger partial charge on any atom is 0.322 e. The van der Waals surface area contributed by atoms with Gasteiger partial charge in [0.25, 0.3) is 5.91 Å². The minimum Gasteiger partial charge on any atom is -0.481 e. The molecule has 3 rings (SSSR count). The SMILES string of the molecule is O=C1NC(=O)C2(CCN(C(=O)C3CC3C(=O)O)CC2)N1. The number of imide groups is 1. The number of hydrogen-bond donors (Lipinski definition) is 3. The zero-order valence-corrected chi connectivity index (χ0v) is 10.7. The normalized spacial score (nSPS) is 30.9. The molecule has 8 heteroatoms. The van der Waals surface area contributed by atoms with Gasteiger partial charge in [0.15, 0.2) is 0 Å². The second kappa shape index (κ2) is 4.19. The number of carbonyl (C=O) groups excluding carboxylic acids is 3. The van der Waals surface area contributed by atoms with Crippen LogP contribution in [0.2, 0.25) is 0 Å². The van der Waals surface area contributed by atoms with Crippen LogP contribution < -0.4 is 10.6 Å². The Morgan fingerprint density at radius 2 is 1.85 bits per heavy atom. The van der Waals surface area contributed by atoms with Crippen LogP contribution in [-0.2, 0) is 14.4 Å². The molecule has 2 atom stereocenters. The first-order chi connectivity index (χ1) is 9.43. The van der Waals surface area contributed by atoms with E-state index in [9.17, 15) is 19.2 Å². The van der Waals surface area contributed by atoms with E-state index in [-0.39, 0.29) is 11.8 Å². The first kappa shape index (κ1) is 12.9. The number of piperidine rings is 1. The Hall–Kier alpha value is -2.12. The van der Waals surface area contributed by atoms with Gasteiger partial charge in [-0.05, 0) is 19.3 Å². The molecule has 3 aliphatic rings. The molecule has 2 aliphatic heterocycles. The Bertz CT molecular complexity index is 509. The highest BCUT2D eigenvalue weighted by Gasteiger charge is 2.53. The third-order valence-electron chi connectivity index (χ3n) is 4.37. The molecule has 0 aromatic heterocycles. The van der Waals surface area contributed by atoms with Crippen LogP contribution in [0, 0.1) is 11.8 Å². The number of nitrogens with one attached hydrogen (secondary N) is 2. The van der Waals surface area contributed by atoms with Crippen molar-refractivity contribution >= 4 is 23.8 Å². The summed E-state index contributed by atoms with van der Waals surface area (Å²) >= 11 is 0. The van der Waals surface area contributed by atoms with Crippen LogP contribution in [0.5, 0.6) is 0 Å². The van der Waals surface area contributed by atoms with E-state index in [1.165, 1.54) is 0 Å². The van der Waals surface area contributed by atoms with Crippen molar-refractivity contribution in [3.8, 4) is 0 Å². The third-order valence-corrected chi connectivity index (χ3v) is 4.37. The van der Waals surface area contributed by atoms with Crippen molar-refractivity contribution in [3.05, 3.63) is 0 Å². The van der Waals surface area contributed by atoms with Crippen molar-refractivity contribution in [2.75, 3.05) is 13.1 Å². The second-order valence-corrected chi connectivity index (χ2v) is 5.60. The van der Waals surface area contributed by atoms with Crippen molar-refractivity contribution in [2.24, 2.45) is 11.8 Å². The van der Waals surface area contributed by atoms with Gasteiger partial charge in [0, 0.05) is 13.1 Å². The van der Waals surface area contributed by atoms with Crippen LogP contribution in [0.3, 0.4) is 0 Å². The highest BCUT2D eigenvalue weighted by atomic mass is 16.4. The summed E-state index contributed by atoms with van der Waals surface area (Å²) in [5, 5.41) is 13.7. The zero-order valence-electron chi connectivity index (χ0n) is 10.7. The minimum absolute atomic E-state index is 0.156. The molecule has 2 heterocycles. The van der Waals surface area contributed by atoms with Crippen molar-refractivity contribution in [1.29, 1.82) is 0 Å². The maximum atomic E-state index is 12.1. The molecule has 0 bridgehead atoms. The molecule has 20 heavy (non-hydrogen) atoms. The lowest BCUT2D eigenvalue weighted by molar-refractivity contribution is -0.142. The van der Waals surface area contributed by atoms with Gasteiger partial charge < -0.3 is 15.3 Å². The van der Waals surface area contributed by atoms with Gasteiger partial charge in [-0.25, -0.2) is 4.79 Å². The summed E-state index contributed by atoms with van der Waals surface area (Å²) in [7, 11) is 0. The molecule has 0 radical (unpaired) electrons. The lowest BCUT2D eigenvalue weighted by atomic mass is 9.87. The van der Waals surface area contributed by atoms with E-state index in [0.717, 1.165) is 0 Å². The lowest BCUT2D eigenvalue weighted by Crippen LogP contribution is -2.56. The molecule has 3 fully saturated rings. The van der Waals surface area contributed by atoms with Crippen molar-refractivity contribution in [3.63, 3.8) is 0 Å². The smallest absolute Gasteiger partial charge is 0.322 e. The van der Waals surface area contributed by atoms with Crippen LogP contribution >= 0.6 is 0 Å². The lowest BCUT2D eigenvalue weighted by Gasteiger charge is -2.37. The molecule has 1 spiro atoms. The summed E-state index contributed by atoms with van der Waals surface area (Å²) in [5.41, 5.74) is -0.899. The average molecular weight is 281 g/mol. The van der Waals surface area contributed by atoms with Crippen LogP contribution in [0.1, 0.15) is 19.3 Å². The first-order valence-electron chi connectivity index (χ1n) is 6.58. The van der Waals surface area contributed by atoms with E-state index < -0.39 is 29.4 Å². The summed E-state index contributed by atoms with van der Waals surface area (Å²) in [5.74, 6) is -2.41. The number of carboxylic acid groups (broad SMARTS) is 1. The molecule has 108 valence electrons. The van der Waals surface area contributed by atoms with Gasteiger partial charge in [-0.1, -0.05) is 0 Å². The maximum absolute atomic E-state index is 12.1. The molecular formula is C12H15N3O5. The Morgan fingerprint density at radius 1 is 1.20 bits per heavy atom. The fourth-order valence-electron chi connectivity index (χ4n) is 2.96. The van der Waals surface area contributed by atoms with Crippen molar-refractivity contribution < 1.29 is 24.3 Å². The number of aliphatic carboxylic acids is 1. The van der Waals surface area contributed by atoms with Gasteiger partial charge in [0.2, 0.25) is 5.91 Å². The first-order valence-corrected chi connectivity index (χ1v) is 6.58. The monoisotopic (exact) mass is 281 g/mol. The minimum atomic E-state index is -0.931. The summed E-state index contributed by atoms with van der Waals surface area (Å²) in [4.78, 5) is 47.4. The Balaban J connectivity index is 1.59. The van der Waals surface area contributed by atoms with Gasteiger partial charge in [-0.15, -0.1) is 0 Å². The summed E-state index contributed by atoms with van der Waals surface area (Å²) < 4.78 is 0. The number of carbonyl (C=O) groups is 4. The molecule has 2 unspecified atom stereocenters. The second-order valence-electron chi connectivity index (χ2n) is 5.60. The van der Waals surface area contributed by atoms with E-state index in [2.05, 4.69) is 10.6 Å². The molecule has 0 aromatic carbocycles. The van der Waals surface area contributed by atoms with E-state index in [0.29, 0.717) is 32.4 Å². The molecule has 2 saturated heterocycles. The van der Waals surface area contributed by atoms with E-state index in [1.54, 1.807) is 4.90 Å². The molecule has 1 aliphatic carbocycles. The number of urea groups is 1. The van der Waals surface area contributed by atoms with Crippen LogP contribution in [0.25, 0.3) is 0 Å². The van der Waals surface area contributed by atoms with Gasteiger partial charge in [-0.2, -0.15) is 0 Å². The Kier molecular flexibility index (Phi) is 2.70. The molecular weight excluding hydrogens is 266 g/mol. The van der Waals surface area contributed by atoms with Crippen LogP contribution in [0.4, 0.5) is 4.79 Å². The third kappa shape index (κ3) is 1.91. The Labute approximate surface area is 114 Å². The highest BCUT2D eigenvalue weighted by Crippen LogP contribution is 2.41. The largest absolute Gasteiger partial charge is 0.481 e. The Morgan fingerprint density at radius 3 is 2.30 bits per heavy atom. The average Bonchev–Trinajstić information content (AvgIpc) is 3.14. The van der Waals surface area contributed by atoms with Crippen molar-refractivity contribution in [2.45, 2.75) is 24.8 Å². The van der Waals surface area contributed by atoms with Gasteiger partial charge in [-0.3, -0.25) is 19.7 Å². The molecule has 8 nitrogen and oxygen atoms in total. The molecule has 1 saturated carbocycles. The fourth-order valence-corrected chi connectivity index (χ4v) is 2.96. The van der Waals surface area contributed by atoms with Crippen LogP contribution in [0.15, 0.2) is 0 Å². The zero-order chi connectivity index (χ0) is 14.5. The highest BCUT2D eigenvalue weighted by molar-refractivity contribution is 6.07. The summed E-state index contributed by atoms with van der Waals surface area (Å²) in [6, 6.07) is -0.497. The number of carboxylic acids is 1. The standard InChI is InChI=1S/C12H15N3O5/c16-8(6-5-7(6)9(17)18)15-3-1-12(2-4-15)10(19)13-11(20)14-12/h6-7H,1-5H2,(H,17,18)(H2,13,14,19,20). The van der Waals surface area contributed by atoms with E-state index >= 15 is 0 Å². The fraction of sp³-hybridized carbons (Fsp3) is 0.667. The quantitative estimate of drug-likeness (QED) is 0.556. The van der Waals surface area contributed by atoms with Crippen molar-refractivity contribution in [1.82, 2.24) is 15.5 Å². The van der Waals surface area contributed by atoms with Gasteiger partial charge in [0.05, 0.1) is 11.8 Å². The van der Waals surface area contributed by atoms with E-state index in [1.807, 2.05) is 0 Å². The number of rotatable bonds is 2. The topological polar surface area (TPSA) is 116 Å². The van der Waals surface area contributed by atoms with Crippen LogP contribution in [-0.4, -0.2) is 52.4 Å². The number of likely N-dealkylation sites (tertiary alicyclic amines) is 1. The molecule has 0 aromatic rings. The predicted octanol–water partition coefficient (Wildman–Crippen LogP) is -1.09. The van der Waals surface area contributed by atoms with E-state index in [4.69, 9.17) is 5.11 Å². The van der Waals surface area contributed by atoms with Gasteiger partial charge >= 0.3 is 12.0 Å². The summed E-state index contributed by atoms with van der Waals surface area (Å²) in [6.45, 7) is 0.713. The number of amides is 4.